The third kappa shape index (κ3) is 4.99. The lowest BCUT2D eigenvalue weighted by Crippen LogP contribution is -2.32. The normalized spacial score (nSPS) is 20.1. The predicted octanol–water partition coefficient (Wildman–Crippen LogP) is 1.47. The third-order valence-electron chi connectivity index (χ3n) is 3.23. The Morgan fingerprint density at radius 3 is 3.14 bits per heavy atom. The number of piperidine rings is 1. The van der Waals surface area contributed by atoms with Gasteiger partial charge in [0.25, 0.3) is 0 Å². The largest absolute Gasteiger partial charge is 0.465 e. The van der Waals surface area contributed by atoms with E-state index in [2.05, 4.69) is 10.4 Å². The lowest BCUT2D eigenvalue weighted by Gasteiger charge is -2.24. The summed E-state index contributed by atoms with van der Waals surface area (Å²) in [6, 6.07) is 1.86. The van der Waals surface area contributed by atoms with Gasteiger partial charge in [-0.3, -0.25) is 14.3 Å². The first-order chi connectivity index (χ1) is 10.6. The molecule has 1 atom stereocenters. The number of aromatic nitrogens is 2. The second kappa shape index (κ2) is 8.14. The number of carbonyl (C=O) groups is 2. The molecule has 0 aromatic carbocycles. The number of nitrogens with one attached hydrogen (secondary N) is 1. The van der Waals surface area contributed by atoms with E-state index in [0.717, 1.165) is 30.8 Å². The molecule has 1 aromatic heterocycles. The minimum Gasteiger partial charge on any atom is -0.465 e. The van der Waals surface area contributed by atoms with Gasteiger partial charge < -0.3 is 10.1 Å². The minimum atomic E-state index is -0.297. The van der Waals surface area contributed by atoms with Crippen LogP contribution in [0.1, 0.15) is 26.0 Å². The molecule has 1 aromatic rings. The molecule has 1 aliphatic rings. The quantitative estimate of drug-likeness (QED) is 0.827. The van der Waals surface area contributed by atoms with Crippen molar-refractivity contribution in [2.45, 2.75) is 32.1 Å². The van der Waals surface area contributed by atoms with Gasteiger partial charge in [-0.25, -0.2) is 0 Å². The van der Waals surface area contributed by atoms with Gasteiger partial charge in [-0.1, -0.05) is 11.8 Å². The highest BCUT2D eigenvalue weighted by atomic mass is 32.2. The lowest BCUT2D eigenvalue weighted by molar-refractivity contribution is -0.144. The van der Waals surface area contributed by atoms with Crippen LogP contribution in [0, 0.1) is 0 Å². The Balaban J connectivity index is 2.05. The smallest absolute Gasteiger partial charge is 0.327 e. The minimum absolute atomic E-state index is 0.112. The molecule has 0 amide bonds. The average Bonchev–Trinajstić information content (AvgIpc) is 2.88. The average molecular weight is 323 g/mol. The summed E-state index contributed by atoms with van der Waals surface area (Å²) in [5.41, 5.74) is 1.95. The van der Waals surface area contributed by atoms with Crippen molar-refractivity contribution in [3.8, 4) is 0 Å². The highest BCUT2D eigenvalue weighted by molar-refractivity contribution is 8.14. The zero-order valence-corrected chi connectivity index (χ0v) is 13.7. The Hall–Kier alpha value is -1.60. The molecule has 2 heterocycles. The number of nitrogens with zero attached hydrogens (tertiary/aromatic N) is 2. The van der Waals surface area contributed by atoms with E-state index in [4.69, 9.17) is 4.74 Å². The van der Waals surface area contributed by atoms with E-state index in [1.807, 2.05) is 12.1 Å². The monoisotopic (exact) mass is 323 g/mol. The fraction of sp³-hybridized carbons (Fsp3) is 0.533. The molecular weight excluding hydrogens is 302 g/mol. The number of ether oxygens (including phenoxy) is 1. The Labute approximate surface area is 134 Å². The molecule has 22 heavy (non-hydrogen) atoms. The standard InChI is InChI=1S/C15H21N3O3S/c1-3-21-15(20)10-18-7-5-13(17-18)8-12-9-16-6-4-14(12)22-11(2)19/h5,7-8,14,16H,3-4,6,9-10H2,1-2H3/b12-8+. The first-order valence-corrected chi connectivity index (χ1v) is 8.24. The van der Waals surface area contributed by atoms with Crippen molar-refractivity contribution in [3.63, 3.8) is 0 Å². The summed E-state index contributed by atoms with van der Waals surface area (Å²) < 4.78 is 6.46. The zero-order valence-electron chi connectivity index (χ0n) is 12.9. The van der Waals surface area contributed by atoms with Gasteiger partial charge in [-0.2, -0.15) is 5.10 Å². The van der Waals surface area contributed by atoms with Crippen LogP contribution in [0.25, 0.3) is 6.08 Å². The van der Waals surface area contributed by atoms with E-state index < -0.39 is 0 Å². The van der Waals surface area contributed by atoms with Crippen molar-refractivity contribution >= 4 is 28.9 Å². The van der Waals surface area contributed by atoms with Crippen LogP contribution in [0.2, 0.25) is 0 Å². The molecule has 1 fully saturated rings. The molecule has 0 saturated carbocycles. The van der Waals surface area contributed by atoms with Gasteiger partial charge in [0.1, 0.15) is 6.54 Å². The second-order valence-corrected chi connectivity index (χ2v) is 6.41. The van der Waals surface area contributed by atoms with E-state index in [9.17, 15) is 9.59 Å². The summed E-state index contributed by atoms with van der Waals surface area (Å²) in [4.78, 5) is 22.8. The van der Waals surface area contributed by atoms with Crippen LogP contribution >= 0.6 is 11.8 Å². The fourth-order valence-electron chi connectivity index (χ4n) is 2.32. The van der Waals surface area contributed by atoms with Gasteiger partial charge in [-0.05, 0) is 37.6 Å². The molecule has 0 bridgehead atoms. The van der Waals surface area contributed by atoms with Crippen LogP contribution in [0.5, 0.6) is 0 Å². The van der Waals surface area contributed by atoms with Gasteiger partial charge in [0, 0.05) is 24.9 Å². The molecule has 120 valence electrons. The van der Waals surface area contributed by atoms with E-state index in [1.54, 1.807) is 24.7 Å². The van der Waals surface area contributed by atoms with E-state index >= 15 is 0 Å². The molecule has 2 rings (SSSR count). The van der Waals surface area contributed by atoms with Crippen molar-refractivity contribution in [1.29, 1.82) is 0 Å². The molecule has 1 N–H and O–H groups in total. The lowest BCUT2D eigenvalue weighted by atomic mass is 10.0. The van der Waals surface area contributed by atoms with Crippen LogP contribution in [0.15, 0.2) is 17.8 Å². The van der Waals surface area contributed by atoms with Crippen molar-refractivity contribution in [2.75, 3.05) is 19.7 Å². The molecular formula is C15H21N3O3S. The number of rotatable bonds is 5. The number of esters is 1. The fourth-order valence-corrected chi connectivity index (χ4v) is 3.25. The number of hydrogen-bond acceptors (Lipinski definition) is 6. The van der Waals surface area contributed by atoms with Crippen LogP contribution in [0.4, 0.5) is 0 Å². The van der Waals surface area contributed by atoms with E-state index in [1.165, 1.54) is 11.8 Å². The summed E-state index contributed by atoms with van der Waals surface area (Å²) in [5, 5.41) is 8.00. The van der Waals surface area contributed by atoms with Gasteiger partial charge in [0.05, 0.1) is 12.3 Å². The number of carbonyl (C=O) groups excluding carboxylic acids is 2. The maximum atomic E-state index is 11.4. The molecule has 1 unspecified atom stereocenters. The molecule has 0 aliphatic carbocycles. The summed E-state index contributed by atoms with van der Waals surface area (Å²) in [6.45, 7) is 5.53. The van der Waals surface area contributed by atoms with Crippen LogP contribution in [0.3, 0.4) is 0 Å². The zero-order chi connectivity index (χ0) is 15.9. The Kier molecular flexibility index (Phi) is 6.21. The van der Waals surface area contributed by atoms with Crippen molar-refractivity contribution in [2.24, 2.45) is 0 Å². The molecule has 7 heteroatoms. The highest BCUT2D eigenvalue weighted by Gasteiger charge is 2.21. The van der Waals surface area contributed by atoms with Gasteiger partial charge in [0.2, 0.25) is 0 Å². The van der Waals surface area contributed by atoms with E-state index in [-0.39, 0.29) is 22.9 Å². The molecule has 1 aliphatic heterocycles. The van der Waals surface area contributed by atoms with Crippen molar-refractivity contribution in [1.82, 2.24) is 15.1 Å². The van der Waals surface area contributed by atoms with Crippen molar-refractivity contribution in [3.05, 3.63) is 23.5 Å². The Morgan fingerprint density at radius 1 is 1.59 bits per heavy atom. The molecule has 0 spiro atoms. The van der Waals surface area contributed by atoms with Crippen LogP contribution in [-0.4, -0.2) is 45.8 Å². The van der Waals surface area contributed by atoms with Gasteiger partial charge in [-0.15, -0.1) is 0 Å². The Morgan fingerprint density at radius 2 is 2.41 bits per heavy atom. The predicted molar refractivity (Wildman–Crippen MR) is 86.4 cm³/mol. The van der Waals surface area contributed by atoms with Gasteiger partial charge in [0.15, 0.2) is 5.12 Å². The number of thioether (sulfide) groups is 1. The molecule has 1 saturated heterocycles. The first-order valence-electron chi connectivity index (χ1n) is 7.36. The summed E-state index contributed by atoms with van der Waals surface area (Å²) in [6.07, 6.45) is 4.68. The van der Waals surface area contributed by atoms with Crippen LogP contribution < -0.4 is 5.32 Å². The van der Waals surface area contributed by atoms with Crippen molar-refractivity contribution < 1.29 is 14.3 Å². The third-order valence-corrected chi connectivity index (χ3v) is 4.38. The van der Waals surface area contributed by atoms with Crippen LogP contribution in [-0.2, 0) is 20.9 Å². The second-order valence-electron chi connectivity index (χ2n) is 5.03. The summed E-state index contributed by atoms with van der Waals surface area (Å²) in [5.74, 6) is -0.297. The maximum absolute atomic E-state index is 11.4. The highest BCUT2D eigenvalue weighted by Crippen LogP contribution is 2.26. The maximum Gasteiger partial charge on any atom is 0.327 e. The Bertz CT molecular complexity index is 568. The number of hydrogen-bond donors (Lipinski definition) is 1. The topological polar surface area (TPSA) is 73.2 Å². The summed E-state index contributed by atoms with van der Waals surface area (Å²) in [7, 11) is 0. The molecule has 6 nitrogen and oxygen atoms in total. The molecule has 0 radical (unpaired) electrons. The first kappa shape index (κ1) is 16.8. The summed E-state index contributed by atoms with van der Waals surface area (Å²) >= 11 is 1.37. The SMILES string of the molecule is CCOC(=O)Cn1ccc(/C=C2\CNCCC2SC(C)=O)n1. The van der Waals surface area contributed by atoms with Gasteiger partial charge >= 0.3 is 5.97 Å². The van der Waals surface area contributed by atoms with E-state index in [0.29, 0.717) is 6.61 Å².